The molecule has 0 spiro atoms. The molecule has 0 amide bonds. The molecular weight excluding hydrogens is 226 g/mol. The van der Waals surface area contributed by atoms with E-state index in [4.69, 9.17) is 4.74 Å². The maximum Gasteiger partial charge on any atom is 0.179 e. The number of H-pyrrole nitrogens is 1. The zero-order chi connectivity index (χ0) is 12.2. The van der Waals surface area contributed by atoms with Crippen molar-refractivity contribution in [1.29, 1.82) is 0 Å². The summed E-state index contributed by atoms with van der Waals surface area (Å²) in [5, 5.41) is 7.26. The molecule has 0 bridgehead atoms. The Morgan fingerprint density at radius 1 is 1.22 bits per heavy atom. The van der Waals surface area contributed by atoms with Crippen LogP contribution in [-0.2, 0) is 17.6 Å². The zero-order valence-electron chi connectivity index (χ0n) is 10.3. The van der Waals surface area contributed by atoms with E-state index in [9.17, 15) is 0 Å². The fourth-order valence-corrected chi connectivity index (χ4v) is 2.25. The van der Waals surface area contributed by atoms with Crippen LogP contribution in [-0.4, -0.2) is 21.8 Å². The van der Waals surface area contributed by atoms with Crippen LogP contribution in [0.2, 0.25) is 0 Å². The van der Waals surface area contributed by atoms with Gasteiger partial charge in [0.1, 0.15) is 11.9 Å². The highest BCUT2D eigenvalue weighted by Crippen LogP contribution is 2.25. The molecule has 1 aliphatic heterocycles. The Kier molecular flexibility index (Phi) is 3.37. The van der Waals surface area contributed by atoms with Crippen molar-refractivity contribution in [2.45, 2.75) is 31.8 Å². The van der Waals surface area contributed by atoms with E-state index in [2.05, 4.69) is 39.4 Å². The number of aromatic amines is 1. The highest BCUT2D eigenvalue weighted by molar-refractivity contribution is 5.15. The Morgan fingerprint density at radius 3 is 2.89 bits per heavy atom. The van der Waals surface area contributed by atoms with Gasteiger partial charge in [0.2, 0.25) is 0 Å². The quantitative estimate of drug-likeness (QED) is 0.897. The second-order valence-electron chi connectivity index (χ2n) is 4.63. The van der Waals surface area contributed by atoms with Crippen molar-refractivity contribution in [3.8, 4) is 0 Å². The Labute approximate surface area is 106 Å². The van der Waals surface area contributed by atoms with Crippen LogP contribution in [0.15, 0.2) is 30.3 Å². The number of nitrogens with zero attached hydrogens (tertiary/aromatic N) is 2. The lowest BCUT2D eigenvalue weighted by atomic mass is 10.1. The summed E-state index contributed by atoms with van der Waals surface area (Å²) >= 11 is 0. The van der Waals surface area contributed by atoms with Gasteiger partial charge in [-0.3, -0.25) is 5.10 Å². The second kappa shape index (κ2) is 5.31. The predicted molar refractivity (Wildman–Crippen MR) is 68.2 cm³/mol. The summed E-state index contributed by atoms with van der Waals surface area (Å²) in [5.74, 6) is 1.76. The Hall–Kier alpha value is -1.68. The fraction of sp³-hybridized carbons (Fsp3) is 0.429. The summed E-state index contributed by atoms with van der Waals surface area (Å²) in [6, 6.07) is 10.4. The van der Waals surface area contributed by atoms with E-state index < -0.39 is 0 Å². The number of ether oxygens (including phenoxy) is 1. The molecule has 1 fully saturated rings. The SMILES string of the molecule is c1ccc(CCc2nc(C3CCCO3)n[nH]2)cc1. The molecule has 1 aromatic carbocycles. The molecule has 94 valence electrons. The number of aromatic nitrogens is 3. The van der Waals surface area contributed by atoms with E-state index in [1.165, 1.54) is 5.56 Å². The summed E-state index contributed by atoms with van der Waals surface area (Å²) < 4.78 is 5.57. The lowest BCUT2D eigenvalue weighted by Crippen LogP contribution is -1.98. The van der Waals surface area contributed by atoms with E-state index in [1.54, 1.807) is 0 Å². The third-order valence-electron chi connectivity index (χ3n) is 3.26. The van der Waals surface area contributed by atoms with Crippen LogP contribution in [0, 0.1) is 0 Å². The van der Waals surface area contributed by atoms with Gasteiger partial charge >= 0.3 is 0 Å². The van der Waals surface area contributed by atoms with Crippen molar-refractivity contribution in [3.05, 3.63) is 47.5 Å². The summed E-state index contributed by atoms with van der Waals surface area (Å²) in [6.45, 7) is 0.832. The standard InChI is InChI=1S/C14H17N3O/c1-2-5-11(6-3-1)8-9-13-15-14(17-16-13)12-7-4-10-18-12/h1-3,5-6,12H,4,7-10H2,(H,15,16,17). The highest BCUT2D eigenvalue weighted by Gasteiger charge is 2.21. The molecule has 0 radical (unpaired) electrons. The number of nitrogens with one attached hydrogen (secondary N) is 1. The van der Waals surface area contributed by atoms with Crippen LogP contribution >= 0.6 is 0 Å². The molecule has 0 saturated carbocycles. The third-order valence-corrected chi connectivity index (χ3v) is 3.26. The lowest BCUT2D eigenvalue weighted by Gasteiger charge is -2.02. The van der Waals surface area contributed by atoms with Gasteiger partial charge in [-0.15, -0.1) is 0 Å². The van der Waals surface area contributed by atoms with Gasteiger partial charge in [-0.25, -0.2) is 4.98 Å². The van der Waals surface area contributed by atoms with E-state index in [-0.39, 0.29) is 6.10 Å². The lowest BCUT2D eigenvalue weighted by molar-refractivity contribution is 0.105. The van der Waals surface area contributed by atoms with E-state index in [1.807, 2.05) is 6.07 Å². The molecule has 2 aromatic rings. The van der Waals surface area contributed by atoms with Crippen LogP contribution in [0.4, 0.5) is 0 Å². The summed E-state index contributed by atoms with van der Waals surface area (Å²) in [6.07, 6.45) is 4.13. The van der Waals surface area contributed by atoms with Crippen LogP contribution in [0.1, 0.15) is 36.2 Å². The molecule has 18 heavy (non-hydrogen) atoms. The molecule has 2 heterocycles. The maximum absolute atomic E-state index is 5.57. The number of hydrogen-bond acceptors (Lipinski definition) is 3. The minimum atomic E-state index is 0.103. The Balaban J connectivity index is 1.60. The average molecular weight is 243 g/mol. The first kappa shape index (κ1) is 11.4. The number of aryl methyl sites for hydroxylation is 2. The van der Waals surface area contributed by atoms with Gasteiger partial charge in [0.15, 0.2) is 5.82 Å². The van der Waals surface area contributed by atoms with Crippen LogP contribution in [0.5, 0.6) is 0 Å². The molecule has 0 aliphatic carbocycles. The van der Waals surface area contributed by atoms with Gasteiger partial charge in [0.05, 0.1) is 0 Å². The van der Waals surface area contributed by atoms with Gasteiger partial charge in [-0.1, -0.05) is 30.3 Å². The average Bonchev–Trinajstić information content (AvgIpc) is 3.08. The van der Waals surface area contributed by atoms with Crippen molar-refractivity contribution < 1.29 is 4.74 Å². The number of hydrogen-bond donors (Lipinski definition) is 1. The molecule has 1 aliphatic rings. The fourth-order valence-electron chi connectivity index (χ4n) is 2.25. The molecule has 1 saturated heterocycles. The van der Waals surface area contributed by atoms with Gasteiger partial charge in [-0.05, 0) is 24.8 Å². The maximum atomic E-state index is 5.57. The number of benzene rings is 1. The largest absolute Gasteiger partial charge is 0.370 e. The van der Waals surface area contributed by atoms with Gasteiger partial charge in [0.25, 0.3) is 0 Å². The van der Waals surface area contributed by atoms with Gasteiger partial charge in [0, 0.05) is 13.0 Å². The molecule has 4 heteroatoms. The van der Waals surface area contributed by atoms with Crippen LogP contribution in [0.25, 0.3) is 0 Å². The highest BCUT2D eigenvalue weighted by atomic mass is 16.5. The second-order valence-corrected chi connectivity index (χ2v) is 4.63. The molecule has 1 unspecified atom stereocenters. The molecule has 1 aromatic heterocycles. The zero-order valence-corrected chi connectivity index (χ0v) is 10.3. The molecule has 1 atom stereocenters. The first-order valence-corrected chi connectivity index (χ1v) is 6.48. The third kappa shape index (κ3) is 2.59. The minimum Gasteiger partial charge on any atom is -0.370 e. The molecule has 4 nitrogen and oxygen atoms in total. The van der Waals surface area contributed by atoms with Crippen molar-refractivity contribution in [2.24, 2.45) is 0 Å². The first-order valence-electron chi connectivity index (χ1n) is 6.48. The van der Waals surface area contributed by atoms with Crippen molar-refractivity contribution in [2.75, 3.05) is 6.61 Å². The summed E-state index contributed by atoms with van der Waals surface area (Å²) in [7, 11) is 0. The molecule has 1 N–H and O–H groups in total. The first-order chi connectivity index (χ1) is 8.92. The number of rotatable bonds is 4. The van der Waals surface area contributed by atoms with Crippen molar-refractivity contribution in [3.63, 3.8) is 0 Å². The normalized spacial score (nSPS) is 19.2. The monoisotopic (exact) mass is 243 g/mol. The summed E-state index contributed by atoms with van der Waals surface area (Å²) in [4.78, 5) is 4.52. The summed E-state index contributed by atoms with van der Waals surface area (Å²) in [5.41, 5.74) is 1.33. The predicted octanol–water partition coefficient (Wildman–Crippen LogP) is 2.44. The minimum absolute atomic E-state index is 0.103. The van der Waals surface area contributed by atoms with Crippen LogP contribution < -0.4 is 0 Å². The Bertz CT molecular complexity index is 489. The molecule has 3 rings (SSSR count). The Morgan fingerprint density at radius 2 is 2.11 bits per heavy atom. The van der Waals surface area contributed by atoms with Crippen LogP contribution in [0.3, 0.4) is 0 Å². The van der Waals surface area contributed by atoms with Gasteiger partial charge < -0.3 is 4.74 Å². The van der Waals surface area contributed by atoms with Crippen molar-refractivity contribution >= 4 is 0 Å². The smallest absolute Gasteiger partial charge is 0.179 e. The van der Waals surface area contributed by atoms with E-state index in [0.29, 0.717) is 0 Å². The molecular formula is C14H17N3O. The van der Waals surface area contributed by atoms with E-state index in [0.717, 1.165) is 43.9 Å². The van der Waals surface area contributed by atoms with E-state index >= 15 is 0 Å². The van der Waals surface area contributed by atoms with Gasteiger partial charge in [-0.2, -0.15) is 5.10 Å². The topological polar surface area (TPSA) is 50.8 Å². The van der Waals surface area contributed by atoms with Crippen molar-refractivity contribution in [1.82, 2.24) is 15.2 Å².